The van der Waals surface area contributed by atoms with Crippen LogP contribution in [0.5, 0.6) is 0 Å². The SMILES string of the molecule is Sc1ccccc1COCC1CC1. The van der Waals surface area contributed by atoms with Crippen LogP contribution in [-0.4, -0.2) is 6.61 Å². The summed E-state index contributed by atoms with van der Waals surface area (Å²) in [6.45, 7) is 1.62. The van der Waals surface area contributed by atoms with Gasteiger partial charge in [-0.15, -0.1) is 12.6 Å². The van der Waals surface area contributed by atoms with Crippen LogP contribution < -0.4 is 0 Å². The second kappa shape index (κ2) is 4.16. The molecule has 0 aromatic heterocycles. The van der Waals surface area contributed by atoms with E-state index in [1.807, 2.05) is 18.2 Å². The molecule has 0 aliphatic heterocycles. The second-order valence-electron chi connectivity index (χ2n) is 3.59. The van der Waals surface area contributed by atoms with E-state index in [9.17, 15) is 0 Å². The minimum Gasteiger partial charge on any atom is -0.376 e. The molecule has 1 aromatic carbocycles. The molecular formula is C11H14OS. The Morgan fingerprint density at radius 1 is 1.31 bits per heavy atom. The van der Waals surface area contributed by atoms with Gasteiger partial charge in [-0.3, -0.25) is 0 Å². The van der Waals surface area contributed by atoms with Crippen molar-refractivity contribution < 1.29 is 4.74 Å². The first-order valence-electron chi connectivity index (χ1n) is 4.71. The van der Waals surface area contributed by atoms with Crippen LogP contribution in [0.4, 0.5) is 0 Å². The summed E-state index contributed by atoms with van der Waals surface area (Å²) in [7, 11) is 0. The van der Waals surface area contributed by atoms with Gasteiger partial charge in [-0.2, -0.15) is 0 Å². The summed E-state index contributed by atoms with van der Waals surface area (Å²) in [4.78, 5) is 1.03. The molecule has 0 radical (unpaired) electrons. The minimum absolute atomic E-state index is 0.705. The lowest BCUT2D eigenvalue weighted by atomic mass is 10.2. The van der Waals surface area contributed by atoms with Crippen LogP contribution in [0.15, 0.2) is 29.2 Å². The fourth-order valence-corrected chi connectivity index (χ4v) is 1.48. The van der Waals surface area contributed by atoms with E-state index >= 15 is 0 Å². The third-order valence-corrected chi connectivity index (χ3v) is 2.74. The van der Waals surface area contributed by atoms with E-state index < -0.39 is 0 Å². The van der Waals surface area contributed by atoms with Crippen LogP contribution in [0.25, 0.3) is 0 Å². The Morgan fingerprint density at radius 2 is 2.08 bits per heavy atom. The van der Waals surface area contributed by atoms with Gasteiger partial charge in [-0.25, -0.2) is 0 Å². The predicted molar refractivity (Wildman–Crippen MR) is 56.1 cm³/mol. The fraction of sp³-hybridized carbons (Fsp3) is 0.455. The first-order valence-corrected chi connectivity index (χ1v) is 5.15. The van der Waals surface area contributed by atoms with Crippen LogP contribution in [0.3, 0.4) is 0 Å². The van der Waals surface area contributed by atoms with Crippen molar-refractivity contribution in [3.8, 4) is 0 Å². The Hall–Kier alpha value is -0.470. The van der Waals surface area contributed by atoms with Crippen molar-refractivity contribution >= 4 is 12.6 Å². The molecule has 0 atom stereocenters. The first kappa shape index (κ1) is 9.10. The largest absolute Gasteiger partial charge is 0.376 e. The molecule has 1 aliphatic carbocycles. The normalized spacial score (nSPS) is 16.1. The summed E-state index contributed by atoms with van der Waals surface area (Å²) in [6.07, 6.45) is 2.70. The molecule has 2 heteroatoms. The van der Waals surface area contributed by atoms with Crippen LogP contribution in [-0.2, 0) is 11.3 Å². The average molecular weight is 194 g/mol. The van der Waals surface area contributed by atoms with E-state index in [0.29, 0.717) is 6.61 Å². The topological polar surface area (TPSA) is 9.23 Å². The lowest BCUT2D eigenvalue weighted by Gasteiger charge is -2.05. The van der Waals surface area contributed by atoms with Crippen molar-refractivity contribution in [3.05, 3.63) is 29.8 Å². The lowest BCUT2D eigenvalue weighted by Crippen LogP contribution is -1.97. The van der Waals surface area contributed by atoms with Crippen LogP contribution in [0.1, 0.15) is 18.4 Å². The summed E-state index contributed by atoms with van der Waals surface area (Å²) in [5, 5.41) is 0. The van der Waals surface area contributed by atoms with E-state index in [2.05, 4.69) is 18.7 Å². The number of hydrogen-bond donors (Lipinski definition) is 1. The summed E-state index contributed by atoms with van der Waals surface area (Å²) in [5.41, 5.74) is 1.19. The molecule has 1 fully saturated rings. The number of hydrogen-bond acceptors (Lipinski definition) is 2. The molecule has 0 N–H and O–H groups in total. The van der Waals surface area contributed by atoms with Crippen LogP contribution in [0.2, 0.25) is 0 Å². The maximum Gasteiger partial charge on any atom is 0.0727 e. The molecule has 1 aromatic rings. The Kier molecular flexibility index (Phi) is 2.91. The molecule has 2 rings (SSSR count). The Bertz CT molecular complexity index is 281. The zero-order valence-electron chi connectivity index (χ0n) is 7.57. The van der Waals surface area contributed by atoms with E-state index in [0.717, 1.165) is 17.4 Å². The van der Waals surface area contributed by atoms with E-state index in [4.69, 9.17) is 4.74 Å². The Balaban J connectivity index is 1.82. The van der Waals surface area contributed by atoms with Gasteiger partial charge in [0.05, 0.1) is 6.61 Å². The molecule has 0 amide bonds. The van der Waals surface area contributed by atoms with Gasteiger partial charge >= 0.3 is 0 Å². The second-order valence-corrected chi connectivity index (χ2v) is 4.07. The molecule has 0 bridgehead atoms. The third-order valence-electron chi connectivity index (χ3n) is 2.30. The van der Waals surface area contributed by atoms with Crippen LogP contribution >= 0.6 is 12.6 Å². The predicted octanol–water partition coefficient (Wildman–Crippen LogP) is 2.90. The maximum atomic E-state index is 5.58. The highest BCUT2D eigenvalue weighted by atomic mass is 32.1. The molecule has 1 saturated carbocycles. The van der Waals surface area contributed by atoms with E-state index in [1.165, 1.54) is 18.4 Å². The molecule has 0 unspecified atom stereocenters. The van der Waals surface area contributed by atoms with Gasteiger partial charge in [-0.1, -0.05) is 18.2 Å². The van der Waals surface area contributed by atoms with Crippen molar-refractivity contribution in [1.29, 1.82) is 0 Å². The monoisotopic (exact) mass is 194 g/mol. The van der Waals surface area contributed by atoms with Crippen LogP contribution in [0, 0.1) is 5.92 Å². The van der Waals surface area contributed by atoms with Crippen molar-refractivity contribution in [2.45, 2.75) is 24.3 Å². The maximum absolute atomic E-state index is 5.58. The molecule has 70 valence electrons. The number of ether oxygens (including phenoxy) is 1. The summed E-state index contributed by atoms with van der Waals surface area (Å²) < 4.78 is 5.58. The number of thiol groups is 1. The highest BCUT2D eigenvalue weighted by molar-refractivity contribution is 7.80. The molecule has 13 heavy (non-hydrogen) atoms. The molecule has 1 nitrogen and oxygen atoms in total. The highest BCUT2D eigenvalue weighted by Crippen LogP contribution is 2.29. The van der Waals surface area contributed by atoms with E-state index in [1.54, 1.807) is 0 Å². The van der Waals surface area contributed by atoms with Gasteiger partial charge in [0, 0.05) is 11.5 Å². The van der Waals surface area contributed by atoms with Gasteiger partial charge in [0.25, 0.3) is 0 Å². The summed E-state index contributed by atoms with van der Waals surface area (Å²) >= 11 is 4.36. The standard InChI is InChI=1S/C11H14OS/c13-11-4-2-1-3-10(11)8-12-7-9-5-6-9/h1-4,9,13H,5-8H2. The zero-order chi connectivity index (χ0) is 9.10. The minimum atomic E-state index is 0.705. The van der Waals surface area contributed by atoms with Crippen molar-refractivity contribution in [1.82, 2.24) is 0 Å². The van der Waals surface area contributed by atoms with Crippen molar-refractivity contribution in [2.24, 2.45) is 5.92 Å². The smallest absolute Gasteiger partial charge is 0.0727 e. The average Bonchev–Trinajstić information content (AvgIpc) is 2.92. The summed E-state index contributed by atoms with van der Waals surface area (Å²) in [5.74, 6) is 0.840. The quantitative estimate of drug-likeness (QED) is 0.725. The Morgan fingerprint density at radius 3 is 2.77 bits per heavy atom. The third kappa shape index (κ3) is 2.75. The van der Waals surface area contributed by atoms with Crippen molar-refractivity contribution in [2.75, 3.05) is 6.61 Å². The van der Waals surface area contributed by atoms with Crippen molar-refractivity contribution in [3.63, 3.8) is 0 Å². The van der Waals surface area contributed by atoms with Gasteiger partial charge in [0.2, 0.25) is 0 Å². The number of benzene rings is 1. The van der Waals surface area contributed by atoms with E-state index in [-0.39, 0.29) is 0 Å². The van der Waals surface area contributed by atoms with Gasteiger partial charge in [0.15, 0.2) is 0 Å². The van der Waals surface area contributed by atoms with Gasteiger partial charge < -0.3 is 4.74 Å². The molecule has 1 aliphatic rings. The lowest BCUT2D eigenvalue weighted by molar-refractivity contribution is 0.110. The summed E-state index contributed by atoms with van der Waals surface area (Å²) in [6, 6.07) is 8.08. The Labute approximate surface area is 84.5 Å². The first-order chi connectivity index (χ1) is 6.36. The molecule has 0 heterocycles. The highest BCUT2D eigenvalue weighted by Gasteiger charge is 2.21. The zero-order valence-corrected chi connectivity index (χ0v) is 8.47. The molecule has 0 spiro atoms. The molecule has 0 saturated heterocycles. The van der Waals surface area contributed by atoms with Gasteiger partial charge in [0.1, 0.15) is 0 Å². The van der Waals surface area contributed by atoms with Gasteiger partial charge in [-0.05, 0) is 30.4 Å². The number of rotatable bonds is 4. The molecular weight excluding hydrogens is 180 g/mol. The fourth-order valence-electron chi connectivity index (χ4n) is 1.25.